The summed E-state index contributed by atoms with van der Waals surface area (Å²) in [6.45, 7) is 0.242. The van der Waals surface area contributed by atoms with E-state index in [2.05, 4.69) is 11.2 Å². The van der Waals surface area contributed by atoms with Crippen molar-refractivity contribution in [3.05, 3.63) is 29.8 Å². The molecule has 0 aliphatic carbocycles. The van der Waals surface area contributed by atoms with Gasteiger partial charge in [0.1, 0.15) is 6.04 Å². The second-order valence-corrected chi connectivity index (χ2v) is 3.42. The first-order chi connectivity index (χ1) is 7.63. The van der Waals surface area contributed by atoms with Gasteiger partial charge < -0.3 is 10.8 Å². The number of hydrogen-bond acceptors (Lipinski definition) is 3. The van der Waals surface area contributed by atoms with Crippen molar-refractivity contribution in [2.75, 3.05) is 12.3 Å². The maximum Gasteiger partial charge on any atom is 0.321 e. The summed E-state index contributed by atoms with van der Waals surface area (Å²) in [7, 11) is 0. The highest BCUT2D eigenvalue weighted by Crippen LogP contribution is 2.08. The Kier molecular flexibility index (Phi) is 4.37. The molecule has 1 aromatic rings. The summed E-state index contributed by atoms with van der Waals surface area (Å²) < 4.78 is 0. The fraction of sp³-hybridized carbons (Fsp3) is 0.250. The number of carboxylic acids is 1. The third-order valence-corrected chi connectivity index (χ3v) is 2.17. The monoisotopic (exact) mass is 218 g/mol. The normalized spacial score (nSPS) is 11.7. The third-order valence-electron chi connectivity index (χ3n) is 2.17. The number of anilines is 1. The molecule has 0 aliphatic rings. The molecular formula is C12H14N2O2. The predicted molar refractivity (Wildman–Crippen MR) is 62.8 cm³/mol. The average Bonchev–Trinajstić information content (AvgIpc) is 2.26. The van der Waals surface area contributed by atoms with Gasteiger partial charge in [0.2, 0.25) is 0 Å². The Morgan fingerprint density at radius 3 is 2.62 bits per heavy atom. The van der Waals surface area contributed by atoms with Crippen LogP contribution in [0.1, 0.15) is 5.56 Å². The molecule has 0 spiro atoms. The lowest BCUT2D eigenvalue weighted by Gasteiger charge is -2.12. The standard InChI is InChI=1S/C12H14N2O2/c1-2-7-14-11(12(15)16)8-9-3-5-10(13)6-4-9/h1,3-6,11,14H,7-8,13H2,(H,15,16). The molecule has 84 valence electrons. The van der Waals surface area contributed by atoms with Crippen LogP contribution in [0.25, 0.3) is 0 Å². The number of rotatable bonds is 5. The highest BCUT2D eigenvalue weighted by Gasteiger charge is 2.16. The highest BCUT2D eigenvalue weighted by atomic mass is 16.4. The van der Waals surface area contributed by atoms with Crippen LogP contribution in [0.5, 0.6) is 0 Å². The lowest BCUT2D eigenvalue weighted by Crippen LogP contribution is -2.38. The van der Waals surface area contributed by atoms with Crippen LogP contribution in [0.2, 0.25) is 0 Å². The molecule has 1 atom stereocenters. The van der Waals surface area contributed by atoms with Crippen LogP contribution in [-0.2, 0) is 11.2 Å². The van der Waals surface area contributed by atoms with Crippen LogP contribution in [0.15, 0.2) is 24.3 Å². The van der Waals surface area contributed by atoms with Crippen LogP contribution in [0.4, 0.5) is 5.69 Å². The molecule has 0 radical (unpaired) electrons. The van der Waals surface area contributed by atoms with Gasteiger partial charge in [-0.1, -0.05) is 18.1 Å². The number of nitrogen functional groups attached to an aromatic ring is 1. The lowest BCUT2D eigenvalue weighted by molar-refractivity contribution is -0.139. The fourth-order valence-corrected chi connectivity index (χ4v) is 1.32. The second kappa shape index (κ2) is 5.79. The first-order valence-electron chi connectivity index (χ1n) is 4.87. The molecule has 4 nitrogen and oxygen atoms in total. The van der Waals surface area contributed by atoms with Gasteiger partial charge >= 0.3 is 5.97 Å². The van der Waals surface area contributed by atoms with Crippen molar-refractivity contribution in [2.45, 2.75) is 12.5 Å². The zero-order valence-corrected chi connectivity index (χ0v) is 8.81. The smallest absolute Gasteiger partial charge is 0.321 e. The Hall–Kier alpha value is -1.99. The van der Waals surface area contributed by atoms with Gasteiger partial charge in [-0.05, 0) is 24.1 Å². The van der Waals surface area contributed by atoms with Crippen molar-refractivity contribution in [3.8, 4) is 12.3 Å². The van der Waals surface area contributed by atoms with E-state index >= 15 is 0 Å². The van der Waals surface area contributed by atoms with E-state index < -0.39 is 12.0 Å². The Balaban J connectivity index is 2.64. The Bertz CT molecular complexity index is 392. The van der Waals surface area contributed by atoms with Gasteiger partial charge in [-0.3, -0.25) is 10.1 Å². The summed E-state index contributed by atoms with van der Waals surface area (Å²) in [6.07, 6.45) is 5.45. The van der Waals surface area contributed by atoms with Crippen molar-refractivity contribution < 1.29 is 9.90 Å². The largest absolute Gasteiger partial charge is 0.480 e. The first-order valence-corrected chi connectivity index (χ1v) is 4.87. The zero-order chi connectivity index (χ0) is 12.0. The van der Waals surface area contributed by atoms with Crippen LogP contribution in [0, 0.1) is 12.3 Å². The van der Waals surface area contributed by atoms with E-state index in [0.717, 1.165) is 5.56 Å². The summed E-state index contributed by atoms with van der Waals surface area (Å²) in [5, 5.41) is 11.7. The molecule has 0 aliphatic heterocycles. The van der Waals surface area contributed by atoms with E-state index in [-0.39, 0.29) is 6.54 Å². The molecule has 0 aromatic heterocycles. The van der Waals surface area contributed by atoms with Gasteiger partial charge in [-0.25, -0.2) is 0 Å². The molecule has 1 rings (SSSR count). The highest BCUT2D eigenvalue weighted by molar-refractivity contribution is 5.74. The molecule has 4 heteroatoms. The number of carbonyl (C=O) groups is 1. The zero-order valence-electron chi connectivity index (χ0n) is 8.81. The average molecular weight is 218 g/mol. The minimum absolute atomic E-state index is 0.242. The minimum atomic E-state index is -0.910. The lowest BCUT2D eigenvalue weighted by atomic mass is 10.1. The molecule has 0 saturated carbocycles. The van der Waals surface area contributed by atoms with Gasteiger partial charge in [-0.15, -0.1) is 6.42 Å². The number of terminal acetylenes is 1. The van der Waals surface area contributed by atoms with Crippen LogP contribution < -0.4 is 11.1 Å². The van der Waals surface area contributed by atoms with Crippen molar-refractivity contribution in [3.63, 3.8) is 0 Å². The Morgan fingerprint density at radius 2 is 2.12 bits per heavy atom. The van der Waals surface area contributed by atoms with Gasteiger partial charge in [0.25, 0.3) is 0 Å². The van der Waals surface area contributed by atoms with Crippen molar-refractivity contribution in [1.29, 1.82) is 0 Å². The van der Waals surface area contributed by atoms with Gasteiger partial charge in [-0.2, -0.15) is 0 Å². The molecule has 1 unspecified atom stereocenters. The Morgan fingerprint density at radius 1 is 1.50 bits per heavy atom. The number of aliphatic carboxylic acids is 1. The quantitative estimate of drug-likeness (QED) is 0.496. The van der Waals surface area contributed by atoms with Gasteiger partial charge in [0.05, 0.1) is 6.54 Å². The summed E-state index contributed by atoms with van der Waals surface area (Å²) in [5.41, 5.74) is 7.11. The van der Waals surface area contributed by atoms with E-state index in [0.29, 0.717) is 12.1 Å². The van der Waals surface area contributed by atoms with E-state index in [1.165, 1.54) is 0 Å². The number of hydrogen-bond donors (Lipinski definition) is 3. The molecule has 1 aromatic carbocycles. The summed E-state index contributed by atoms with van der Waals surface area (Å²) in [6, 6.07) is 6.44. The van der Waals surface area contributed by atoms with Crippen molar-refractivity contribution >= 4 is 11.7 Å². The summed E-state index contributed by atoms with van der Waals surface area (Å²) >= 11 is 0. The predicted octanol–water partition coefficient (Wildman–Crippen LogP) is 0.487. The topological polar surface area (TPSA) is 75.3 Å². The van der Waals surface area contributed by atoms with Gasteiger partial charge in [0.15, 0.2) is 0 Å². The van der Waals surface area contributed by atoms with E-state index in [1.807, 2.05) is 12.1 Å². The number of nitrogens with one attached hydrogen (secondary N) is 1. The third kappa shape index (κ3) is 3.64. The maximum atomic E-state index is 10.9. The van der Waals surface area contributed by atoms with Crippen molar-refractivity contribution in [2.24, 2.45) is 0 Å². The first kappa shape index (κ1) is 12.1. The summed E-state index contributed by atoms with van der Waals surface area (Å²) in [5.74, 6) is 1.44. The van der Waals surface area contributed by atoms with E-state index in [4.69, 9.17) is 17.3 Å². The molecular weight excluding hydrogens is 204 g/mol. The van der Waals surface area contributed by atoms with E-state index in [9.17, 15) is 4.79 Å². The second-order valence-electron chi connectivity index (χ2n) is 3.42. The molecule has 0 amide bonds. The molecule has 4 N–H and O–H groups in total. The maximum absolute atomic E-state index is 10.9. The molecule has 0 fully saturated rings. The number of carboxylic acid groups (broad SMARTS) is 1. The van der Waals surface area contributed by atoms with Crippen molar-refractivity contribution in [1.82, 2.24) is 5.32 Å². The van der Waals surface area contributed by atoms with Crippen LogP contribution in [0.3, 0.4) is 0 Å². The number of nitrogens with two attached hydrogens (primary N) is 1. The van der Waals surface area contributed by atoms with Crippen LogP contribution >= 0.6 is 0 Å². The van der Waals surface area contributed by atoms with E-state index in [1.54, 1.807) is 12.1 Å². The van der Waals surface area contributed by atoms with Crippen LogP contribution in [-0.4, -0.2) is 23.7 Å². The molecule has 0 bridgehead atoms. The molecule has 0 heterocycles. The van der Waals surface area contributed by atoms with Gasteiger partial charge in [0, 0.05) is 5.69 Å². The Labute approximate surface area is 94.5 Å². The number of benzene rings is 1. The molecule has 0 saturated heterocycles. The minimum Gasteiger partial charge on any atom is -0.480 e. The SMILES string of the molecule is C#CCNC(Cc1ccc(N)cc1)C(=O)O. The fourth-order valence-electron chi connectivity index (χ4n) is 1.32. The molecule has 16 heavy (non-hydrogen) atoms. The summed E-state index contributed by atoms with van der Waals surface area (Å²) in [4.78, 5) is 10.9.